The van der Waals surface area contributed by atoms with Gasteiger partial charge in [-0.2, -0.15) is 0 Å². The Morgan fingerprint density at radius 3 is 2.56 bits per heavy atom. The minimum Gasteiger partial charge on any atom is -0.454 e. The third-order valence-electron chi connectivity index (χ3n) is 3.93. The summed E-state index contributed by atoms with van der Waals surface area (Å²) in [5, 5.41) is 2.33. The molecule has 2 aromatic rings. The molecule has 128 valence electrons. The zero-order chi connectivity index (χ0) is 17.8. The maximum atomic E-state index is 12.2. The van der Waals surface area contributed by atoms with Crippen LogP contribution in [0.4, 0.5) is 4.79 Å². The highest BCUT2D eigenvalue weighted by molar-refractivity contribution is 5.98. The van der Waals surface area contributed by atoms with Gasteiger partial charge in [0, 0.05) is 19.0 Å². The van der Waals surface area contributed by atoms with Crippen LogP contribution < -0.4 is 16.2 Å². The Morgan fingerprint density at radius 1 is 1.08 bits per heavy atom. The summed E-state index contributed by atoms with van der Waals surface area (Å²) < 4.78 is 5.49. The van der Waals surface area contributed by atoms with Crippen molar-refractivity contribution in [3.05, 3.63) is 70.8 Å². The van der Waals surface area contributed by atoms with Crippen molar-refractivity contribution in [2.45, 2.75) is 12.5 Å². The summed E-state index contributed by atoms with van der Waals surface area (Å²) in [5.41, 5.74) is 6.93. The normalized spacial score (nSPS) is 15.6. The fourth-order valence-corrected chi connectivity index (χ4v) is 2.64. The van der Waals surface area contributed by atoms with Crippen LogP contribution in [-0.4, -0.2) is 25.0 Å². The summed E-state index contributed by atoms with van der Waals surface area (Å²) >= 11 is 0. The topological polar surface area (TPSA) is 96.5 Å². The van der Waals surface area contributed by atoms with Gasteiger partial charge in [-0.1, -0.05) is 30.3 Å². The fourth-order valence-electron chi connectivity index (χ4n) is 2.64. The number of hydrogen-bond acceptors (Lipinski definition) is 4. The fraction of sp³-hybridized carbons (Fsp3) is 0.167. The smallest absolute Gasteiger partial charge is 0.339 e. The van der Waals surface area contributed by atoms with Crippen LogP contribution in [0.5, 0.6) is 0 Å². The molecule has 0 spiro atoms. The maximum Gasteiger partial charge on any atom is 0.339 e. The Hall–Kier alpha value is -3.35. The Bertz CT molecular complexity index is 820. The van der Waals surface area contributed by atoms with E-state index >= 15 is 0 Å². The quantitative estimate of drug-likeness (QED) is 0.573. The summed E-state index contributed by atoms with van der Waals surface area (Å²) in [7, 11) is 1.44. The lowest BCUT2D eigenvalue weighted by Gasteiger charge is -2.25. The number of cyclic esters (lactones) is 1. The molecule has 3 rings (SSSR count). The predicted molar refractivity (Wildman–Crippen MR) is 89.8 cm³/mol. The minimum absolute atomic E-state index is 0.344. The Balaban J connectivity index is 1.80. The minimum atomic E-state index is -0.529. The van der Waals surface area contributed by atoms with Crippen LogP contribution in [0, 0.1) is 0 Å². The first kappa shape index (κ1) is 16.5. The van der Waals surface area contributed by atoms with Crippen molar-refractivity contribution in [1.29, 1.82) is 0 Å². The van der Waals surface area contributed by atoms with E-state index in [0.29, 0.717) is 17.5 Å². The Morgan fingerprint density at radius 2 is 1.84 bits per heavy atom. The van der Waals surface area contributed by atoms with E-state index in [2.05, 4.69) is 16.2 Å². The Kier molecular flexibility index (Phi) is 4.65. The van der Waals surface area contributed by atoms with E-state index in [9.17, 15) is 14.4 Å². The lowest BCUT2D eigenvalue weighted by atomic mass is 9.93. The van der Waals surface area contributed by atoms with Gasteiger partial charge >= 0.3 is 12.0 Å². The first-order valence-electron chi connectivity index (χ1n) is 7.75. The molecule has 7 heteroatoms. The summed E-state index contributed by atoms with van der Waals surface area (Å²) in [6.45, 7) is 0. The highest BCUT2D eigenvalue weighted by Gasteiger charge is 2.28. The first-order valence-corrected chi connectivity index (χ1v) is 7.75. The van der Waals surface area contributed by atoms with Gasteiger partial charge in [0.05, 0.1) is 5.56 Å². The maximum absolute atomic E-state index is 12.2. The van der Waals surface area contributed by atoms with Crippen molar-refractivity contribution in [3.8, 4) is 0 Å². The van der Waals surface area contributed by atoms with Gasteiger partial charge in [-0.3, -0.25) is 10.2 Å². The van der Waals surface area contributed by atoms with Crippen molar-refractivity contribution >= 4 is 17.9 Å². The molecule has 2 aromatic carbocycles. The molecule has 0 saturated heterocycles. The number of amides is 3. The van der Waals surface area contributed by atoms with Crippen molar-refractivity contribution in [2.75, 3.05) is 7.05 Å². The second-order valence-corrected chi connectivity index (χ2v) is 5.54. The molecule has 0 bridgehead atoms. The van der Waals surface area contributed by atoms with Gasteiger partial charge in [0.15, 0.2) is 0 Å². The molecule has 1 atom stereocenters. The molecule has 0 saturated carbocycles. The van der Waals surface area contributed by atoms with E-state index in [1.54, 1.807) is 12.1 Å². The number of ether oxygens (including phenoxy) is 1. The summed E-state index contributed by atoms with van der Waals surface area (Å²) in [6.07, 6.45) is 0.0956. The number of carbonyl (C=O) groups is 3. The third kappa shape index (κ3) is 3.60. The van der Waals surface area contributed by atoms with E-state index in [-0.39, 0.29) is 6.10 Å². The molecule has 1 aliphatic rings. The number of fused-ring (bicyclic) bond motifs is 1. The molecule has 1 heterocycles. The zero-order valence-corrected chi connectivity index (χ0v) is 13.5. The van der Waals surface area contributed by atoms with Gasteiger partial charge in [-0.25, -0.2) is 15.0 Å². The van der Waals surface area contributed by atoms with Gasteiger partial charge in [0.2, 0.25) is 0 Å². The van der Waals surface area contributed by atoms with E-state index in [0.717, 1.165) is 11.1 Å². The lowest BCUT2D eigenvalue weighted by molar-refractivity contribution is 0.0252. The largest absolute Gasteiger partial charge is 0.454 e. The van der Waals surface area contributed by atoms with Crippen LogP contribution in [0.25, 0.3) is 0 Å². The number of benzene rings is 2. The number of nitrogens with one attached hydrogen (secondary N) is 3. The number of rotatable bonds is 2. The highest BCUT2D eigenvalue weighted by atomic mass is 16.5. The van der Waals surface area contributed by atoms with E-state index in [1.807, 2.05) is 30.3 Å². The molecule has 0 radical (unpaired) electrons. The van der Waals surface area contributed by atoms with Gasteiger partial charge in [0.1, 0.15) is 6.10 Å². The van der Waals surface area contributed by atoms with Gasteiger partial charge in [0.25, 0.3) is 5.91 Å². The van der Waals surface area contributed by atoms with E-state index in [4.69, 9.17) is 4.74 Å². The van der Waals surface area contributed by atoms with Gasteiger partial charge in [-0.05, 0) is 29.3 Å². The predicted octanol–water partition coefficient (Wildman–Crippen LogP) is 1.71. The molecule has 25 heavy (non-hydrogen) atoms. The molecule has 1 aliphatic heterocycles. The number of hydrogen-bond donors (Lipinski definition) is 3. The summed E-state index contributed by atoms with van der Waals surface area (Å²) in [5.74, 6) is -0.882. The molecule has 3 N–H and O–H groups in total. The zero-order valence-electron chi connectivity index (χ0n) is 13.5. The van der Waals surface area contributed by atoms with Crippen LogP contribution in [0.15, 0.2) is 48.5 Å². The van der Waals surface area contributed by atoms with Gasteiger partial charge in [-0.15, -0.1) is 0 Å². The standard InChI is InChI=1S/C18H17N3O4/c1-19-18(24)21-20-16(22)12-7-8-14-13(9-12)10-15(25-17(14)23)11-5-3-2-4-6-11/h2-9,15H,10H2,1H3,(H,20,22)(H2,19,21,24). The number of hydrazine groups is 1. The Labute approximate surface area is 144 Å². The van der Waals surface area contributed by atoms with Gasteiger partial charge < -0.3 is 10.1 Å². The van der Waals surface area contributed by atoms with E-state index < -0.39 is 17.9 Å². The molecule has 3 amide bonds. The van der Waals surface area contributed by atoms with Crippen molar-refractivity contribution < 1.29 is 19.1 Å². The van der Waals surface area contributed by atoms with Crippen LogP contribution in [0.3, 0.4) is 0 Å². The summed E-state index contributed by atoms with van der Waals surface area (Å²) in [4.78, 5) is 35.5. The van der Waals surface area contributed by atoms with E-state index in [1.165, 1.54) is 13.1 Å². The number of carbonyl (C=O) groups excluding carboxylic acids is 3. The average Bonchev–Trinajstić information content (AvgIpc) is 2.65. The molecule has 0 aliphatic carbocycles. The van der Waals surface area contributed by atoms with Crippen molar-refractivity contribution in [3.63, 3.8) is 0 Å². The third-order valence-corrected chi connectivity index (χ3v) is 3.93. The van der Waals surface area contributed by atoms with Crippen LogP contribution >= 0.6 is 0 Å². The first-order chi connectivity index (χ1) is 12.1. The lowest BCUT2D eigenvalue weighted by Crippen LogP contribution is -2.45. The number of urea groups is 1. The highest BCUT2D eigenvalue weighted by Crippen LogP contribution is 2.30. The van der Waals surface area contributed by atoms with Crippen molar-refractivity contribution in [2.24, 2.45) is 0 Å². The molecule has 7 nitrogen and oxygen atoms in total. The number of esters is 1. The molecule has 0 fully saturated rings. The average molecular weight is 339 g/mol. The van der Waals surface area contributed by atoms with Crippen molar-refractivity contribution in [1.82, 2.24) is 16.2 Å². The van der Waals surface area contributed by atoms with Crippen LogP contribution in [0.1, 0.15) is 37.9 Å². The molecule has 1 unspecified atom stereocenters. The van der Waals surface area contributed by atoms with Crippen LogP contribution in [-0.2, 0) is 11.2 Å². The molecule has 0 aromatic heterocycles. The monoisotopic (exact) mass is 339 g/mol. The molecular weight excluding hydrogens is 322 g/mol. The second kappa shape index (κ2) is 7.04. The second-order valence-electron chi connectivity index (χ2n) is 5.54. The SMILES string of the molecule is CNC(=O)NNC(=O)c1ccc2c(c1)CC(c1ccccc1)OC2=O. The van der Waals surface area contributed by atoms with Crippen LogP contribution in [0.2, 0.25) is 0 Å². The molecular formula is C18H17N3O4. The summed E-state index contributed by atoms with van der Waals surface area (Å²) in [6, 6.07) is 13.6.